The third kappa shape index (κ3) is 28.5. The Morgan fingerprint density at radius 2 is 0.677 bits per heavy atom. The Labute approximate surface area is 582 Å². The standard InChI is InChI=1S/C68H115N13O18/c1-94-39-41-98-45-43-96-37-35-79-28-21-72-63(88)51-12-5-10-49(57(51)82)61(86)70-19-26-78(27-20-71-62(87)50-11-6-13-52(58(50)83)64(89)73-22-29-79)33-34-81-32-25-76-66(91)54-15-7-14-53(59(54)84)65(90)74-23-30-80(36-38-97-44-46-99-42-40-95-2)31-24-75-67(92)55-16-8-17-56(60(55)85)68(93)77-48(47-81)9-3-4-18-69/h10-11,15,17,48,51-53,55,57-60,82-85H,3-9,12-14,16,18-47,69H2,1-2H3,(H,70,86)(H,71,87)(H,72,88)(H,73,89)(H,74,90)(H,75,92)(H,76,91)(H,77,93)/t48?,51-,52+,53-,55+,57?,58?,59?,60?/m1/s1. The van der Waals surface area contributed by atoms with Crippen LogP contribution in [0, 0.1) is 23.7 Å². The lowest BCUT2D eigenvalue weighted by Crippen LogP contribution is -2.51. The Kier molecular flexibility index (Phi) is 38.6. The Morgan fingerprint density at radius 1 is 0.384 bits per heavy atom. The number of allylic oxidation sites excluding steroid dienone is 4. The molecule has 2 saturated heterocycles. The van der Waals surface area contributed by atoms with E-state index in [1.54, 1.807) is 38.5 Å². The molecule has 2 heterocycles. The van der Waals surface area contributed by atoms with Crippen LogP contribution in [0.15, 0.2) is 46.6 Å². The van der Waals surface area contributed by atoms with Gasteiger partial charge in [0.25, 0.3) is 0 Å². The average Bonchev–Trinajstić information content (AvgIpc) is 0.868. The molecule has 8 amide bonds. The van der Waals surface area contributed by atoms with Gasteiger partial charge in [0, 0.05) is 167 Å². The van der Waals surface area contributed by atoms with Crippen LogP contribution in [-0.4, -0.2) is 329 Å². The van der Waals surface area contributed by atoms with E-state index < -0.39 is 101 Å². The molecule has 31 heteroatoms. The fourth-order valence-corrected chi connectivity index (χ4v) is 13.0. The molecule has 99 heavy (non-hydrogen) atoms. The van der Waals surface area contributed by atoms with Gasteiger partial charge in [0.15, 0.2) is 0 Å². The van der Waals surface area contributed by atoms with E-state index in [2.05, 4.69) is 42.5 Å². The van der Waals surface area contributed by atoms with Gasteiger partial charge < -0.3 is 97.1 Å². The molecule has 0 aromatic carbocycles. The van der Waals surface area contributed by atoms with Gasteiger partial charge in [-0.25, -0.2) is 0 Å². The van der Waals surface area contributed by atoms with Crippen molar-refractivity contribution in [3.63, 3.8) is 0 Å². The number of carbonyl (C=O) groups excluding carboxylic acids is 8. The van der Waals surface area contributed by atoms with E-state index in [4.69, 9.17) is 34.2 Å². The summed E-state index contributed by atoms with van der Waals surface area (Å²) in [5.74, 6) is -7.47. The first kappa shape index (κ1) is 82.1. The van der Waals surface area contributed by atoms with Gasteiger partial charge in [-0.3, -0.25) is 58.0 Å². The number of fused-ring (bicyclic) bond motifs is 8. The van der Waals surface area contributed by atoms with Crippen molar-refractivity contribution in [2.45, 2.75) is 101 Å². The van der Waals surface area contributed by atoms with Crippen LogP contribution >= 0.6 is 0 Å². The zero-order valence-electron chi connectivity index (χ0n) is 58.4. The summed E-state index contributed by atoms with van der Waals surface area (Å²) in [5.41, 5.74) is 6.25. The topological polar surface area (TPSA) is 408 Å². The maximum atomic E-state index is 14.5. The molecule has 9 atom stereocenters. The third-order valence-electron chi connectivity index (χ3n) is 18.9. The first-order valence-electron chi connectivity index (χ1n) is 35.7. The highest BCUT2D eigenvalue weighted by molar-refractivity contribution is 5.98. The molecule has 2 aliphatic heterocycles. The van der Waals surface area contributed by atoms with E-state index in [1.807, 2.05) is 19.6 Å². The summed E-state index contributed by atoms with van der Waals surface area (Å²) in [5, 5.41) is 70.3. The second-order valence-corrected chi connectivity index (χ2v) is 25.8. The minimum absolute atomic E-state index is 0.0598. The molecule has 0 spiro atoms. The molecule has 0 aromatic heterocycles. The largest absolute Gasteiger partial charge is 0.387 e. The van der Waals surface area contributed by atoms with Gasteiger partial charge >= 0.3 is 0 Å². The van der Waals surface area contributed by atoms with Crippen LogP contribution in [0.4, 0.5) is 0 Å². The van der Waals surface area contributed by atoms with Crippen molar-refractivity contribution in [2.75, 3.05) is 211 Å². The van der Waals surface area contributed by atoms with Crippen molar-refractivity contribution in [3.8, 4) is 0 Å². The number of carbonyl (C=O) groups is 8. The predicted octanol–water partition coefficient (Wildman–Crippen LogP) is -4.20. The summed E-state index contributed by atoms with van der Waals surface area (Å²) in [6.45, 7) is 9.05. The Morgan fingerprint density at radius 3 is 1.02 bits per heavy atom. The normalized spacial score (nSPS) is 27.2. The van der Waals surface area contributed by atoms with E-state index in [0.717, 1.165) is 0 Å². The quantitative estimate of drug-likeness (QED) is 0.0386. The molecule has 14 N–H and O–H groups in total. The second-order valence-electron chi connectivity index (χ2n) is 25.8. The molecule has 31 nitrogen and oxygen atoms in total. The fraction of sp³-hybridized carbons (Fsp3) is 0.765. The van der Waals surface area contributed by atoms with Gasteiger partial charge in [-0.05, 0) is 70.8 Å². The molecule has 6 aliphatic rings. The van der Waals surface area contributed by atoms with Crippen LogP contribution in [0.5, 0.6) is 0 Å². The number of aliphatic hydroxyl groups excluding tert-OH is 4. The minimum Gasteiger partial charge on any atom is -0.387 e. The van der Waals surface area contributed by atoms with Crippen molar-refractivity contribution in [2.24, 2.45) is 29.4 Å². The molecular weight excluding hydrogens is 1290 g/mol. The van der Waals surface area contributed by atoms with Crippen molar-refractivity contribution in [1.82, 2.24) is 62.1 Å². The molecule has 5 unspecified atom stereocenters. The van der Waals surface area contributed by atoms with Crippen LogP contribution in [0.1, 0.15) is 70.6 Å². The lowest BCUT2D eigenvalue weighted by atomic mass is 9.84. The Bertz CT molecular complexity index is 2580. The summed E-state index contributed by atoms with van der Waals surface area (Å²) in [6.07, 6.45) is 5.40. The number of unbranched alkanes of at least 4 members (excludes halogenated alkanes) is 1. The van der Waals surface area contributed by atoms with E-state index in [-0.39, 0.29) is 107 Å². The van der Waals surface area contributed by atoms with Crippen LogP contribution < -0.4 is 48.3 Å². The molecule has 0 aromatic rings. The number of methoxy groups -OCH3 is 2. The SMILES string of the molecule is COCCOCCOCCN1CCNC(=O)[C@H]2CCC=C(C(=O)NCCN(CCN3CCNC(=O)C4=CCC[C@@H](C(=O)NCCN(CCOCCOCCOC)CCNC(=O)[C@H]5CCC=C(C(=O)NC(CCCCN)C3)C5O)C4O)CCNC(=O)C3=CCC[C@@H](C(=O)NCC1)C3O)C2O. The molecule has 2 fully saturated rings. The van der Waals surface area contributed by atoms with Crippen LogP contribution in [-0.2, 0) is 66.8 Å². The van der Waals surface area contributed by atoms with Gasteiger partial charge in [0.1, 0.15) is 0 Å². The zero-order chi connectivity index (χ0) is 71.2. The lowest BCUT2D eigenvalue weighted by molar-refractivity contribution is -0.130. The van der Waals surface area contributed by atoms with E-state index in [9.17, 15) is 58.8 Å². The van der Waals surface area contributed by atoms with Crippen molar-refractivity contribution in [3.05, 3.63) is 46.6 Å². The first-order valence-corrected chi connectivity index (χ1v) is 35.7. The number of nitrogens with one attached hydrogen (secondary N) is 8. The van der Waals surface area contributed by atoms with E-state index >= 15 is 0 Å². The van der Waals surface area contributed by atoms with Crippen LogP contribution in [0.2, 0.25) is 0 Å². The van der Waals surface area contributed by atoms with Gasteiger partial charge in [-0.2, -0.15) is 0 Å². The Balaban J connectivity index is 1.19. The van der Waals surface area contributed by atoms with Gasteiger partial charge in [-0.1, -0.05) is 30.7 Å². The summed E-state index contributed by atoms with van der Waals surface area (Å²) in [6, 6.07) is -0.549. The molecule has 0 saturated carbocycles. The number of amides is 8. The van der Waals surface area contributed by atoms with Crippen LogP contribution in [0.3, 0.4) is 0 Å². The highest BCUT2D eigenvalue weighted by Crippen LogP contribution is 2.29. The molecular formula is C68H115N13O18. The highest BCUT2D eigenvalue weighted by Gasteiger charge is 2.39. The number of hydrogen-bond acceptors (Lipinski definition) is 23. The van der Waals surface area contributed by atoms with E-state index in [0.29, 0.717) is 183 Å². The Hall–Kier alpha value is -5.88. The van der Waals surface area contributed by atoms with Crippen molar-refractivity contribution in [1.29, 1.82) is 0 Å². The summed E-state index contributed by atoms with van der Waals surface area (Å²) < 4.78 is 32.6. The van der Waals surface area contributed by atoms with E-state index in [1.165, 1.54) is 0 Å². The second kappa shape index (κ2) is 46.6. The van der Waals surface area contributed by atoms with Gasteiger partial charge in [0.2, 0.25) is 47.3 Å². The third-order valence-corrected chi connectivity index (χ3v) is 18.9. The molecule has 560 valence electrons. The number of hydrogen-bond donors (Lipinski definition) is 13. The number of nitrogens with two attached hydrogens (primary N) is 1. The maximum absolute atomic E-state index is 14.5. The summed E-state index contributed by atoms with van der Waals surface area (Å²) >= 11 is 0. The maximum Gasteiger partial charge on any atom is 0.249 e. The number of aliphatic hydroxyl groups is 4. The van der Waals surface area contributed by atoms with Crippen LogP contribution in [0.25, 0.3) is 0 Å². The predicted molar refractivity (Wildman–Crippen MR) is 366 cm³/mol. The number of rotatable bonds is 25. The molecule has 0 radical (unpaired) electrons. The lowest BCUT2D eigenvalue weighted by Gasteiger charge is -2.33. The number of ether oxygens (including phenoxy) is 6. The summed E-state index contributed by atoms with van der Waals surface area (Å²) in [7, 11) is 3.18. The average molecular weight is 1400 g/mol. The van der Waals surface area contributed by atoms with Crippen molar-refractivity contribution >= 4 is 47.3 Å². The van der Waals surface area contributed by atoms with Crippen molar-refractivity contribution < 1.29 is 87.2 Å². The summed E-state index contributed by atoms with van der Waals surface area (Å²) in [4.78, 5) is 120. The number of nitrogens with zero attached hydrogens (tertiary/aromatic N) is 4. The smallest absolute Gasteiger partial charge is 0.249 e. The monoisotopic (exact) mass is 1400 g/mol. The van der Waals surface area contributed by atoms with Gasteiger partial charge in [-0.15, -0.1) is 0 Å². The first-order chi connectivity index (χ1) is 48.0. The molecule has 6 rings (SSSR count). The zero-order valence-corrected chi connectivity index (χ0v) is 58.4. The fourth-order valence-electron chi connectivity index (χ4n) is 13.0. The minimum atomic E-state index is -1.41. The highest BCUT2D eigenvalue weighted by atomic mass is 16.5. The molecule has 4 aliphatic carbocycles. The molecule has 8 bridgehead atoms. The van der Waals surface area contributed by atoms with Gasteiger partial charge in [0.05, 0.1) is 114 Å².